The van der Waals surface area contributed by atoms with E-state index >= 15 is 0 Å². The van der Waals surface area contributed by atoms with Gasteiger partial charge in [-0.25, -0.2) is 0 Å². The highest BCUT2D eigenvalue weighted by atomic mass is 16.7. The molecule has 0 radical (unpaired) electrons. The van der Waals surface area contributed by atoms with Crippen LogP contribution in [0.25, 0.3) is 0 Å². The van der Waals surface area contributed by atoms with Crippen LogP contribution in [0.2, 0.25) is 0 Å². The van der Waals surface area contributed by atoms with Gasteiger partial charge in [-0.3, -0.25) is 4.98 Å². The number of aromatic nitrogens is 1. The Morgan fingerprint density at radius 2 is 1.83 bits per heavy atom. The Balaban J connectivity index is 1.71. The molecule has 1 aliphatic carbocycles. The van der Waals surface area contributed by atoms with Crippen molar-refractivity contribution in [1.29, 1.82) is 0 Å². The van der Waals surface area contributed by atoms with Gasteiger partial charge in [-0.2, -0.15) is 0 Å². The lowest BCUT2D eigenvalue weighted by atomic mass is 9.80. The van der Waals surface area contributed by atoms with Crippen molar-refractivity contribution >= 4 is 12.6 Å². The van der Waals surface area contributed by atoms with Crippen LogP contribution in [0.3, 0.4) is 0 Å². The Labute approximate surface area is 140 Å². The quantitative estimate of drug-likeness (QED) is 0.802. The first-order chi connectivity index (χ1) is 10.8. The first-order valence-electron chi connectivity index (χ1n) is 8.74. The van der Waals surface area contributed by atoms with Gasteiger partial charge >= 0.3 is 7.12 Å². The van der Waals surface area contributed by atoms with Gasteiger partial charge < -0.3 is 14.0 Å². The molecule has 0 aromatic carbocycles. The molecule has 3 rings (SSSR count). The van der Waals surface area contributed by atoms with Gasteiger partial charge in [0, 0.05) is 11.7 Å². The Kier molecular flexibility index (Phi) is 4.45. The highest BCUT2D eigenvalue weighted by Crippen LogP contribution is 2.36. The minimum absolute atomic E-state index is 0.300. The zero-order valence-corrected chi connectivity index (χ0v) is 15.0. The molecule has 2 fully saturated rings. The monoisotopic (exact) mass is 317 g/mol. The van der Waals surface area contributed by atoms with Crippen molar-refractivity contribution in [3.8, 4) is 5.75 Å². The largest absolute Gasteiger partial charge is 0.496 e. The van der Waals surface area contributed by atoms with E-state index in [-0.39, 0.29) is 18.3 Å². The molecule has 1 aromatic rings. The molecule has 1 aromatic heterocycles. The van der Waals surface area contributed by atoms with Crippen LogP contribution < -0.4 is 10.2 Å². The summed E-state index contributed by atoms with van der Waals surface area (Å²) in [6, 6.07) is 2.01. The highest BCUT2D eigenvalue weighted by Gasteiger charge is 2.51. The van der Waals surface area contributed by atoms with Crippen molar-refractivity contribution in [1.82, 2.24) is 4.98 Å². The summed E-state index contributed by atoms with van der Waals surface area (Å²) in [5, 5.41) is 0. The molecule has 5 heteroatoms. The number of hydrogen-bond donors (Lipinski definition) is 0. The van der Waals surface area contributed by atoms with Crippen molar-refractivity contribution in [2.45, 2.75) is 77.6 Å². The summed E-state index contributed by atoms with van der Waals surface area (Å²) < 4.78 is 18.3. The minimum atomic E-state index is -0.388. The van der Waals surface area contributed by atoms with E-state index in [1.54, 1.807) is 12.4 Å². The van der Waals surface area contributed by atoms with E-state index in [4.69, 9.17) is 14.0 Å². The molecule has 1 saturated heterocycles. The van der Waals surface area contributed by atoms with Crippen LogP contribution >= 0.6 is 0 Å². The summed E-state index contributed by atoms with van der Waals surface area (Å²) in [6.45, 7) is 10.5. The molecule has 1 saturated carbocycles. The lowest BCUT2D eigenvalue weighted by Crippen LogP contribution is -2.41. The average Bonchev–Trinajstić information content (AvgIpc) is 2.68. The summed E-state index contributed by atoms with van der Waals surface area (Å²) >= 11 is 0. The molecule has 0 N–H and O–H groups in total. The van der Waals surface area contributed by atoms with E-state index in [1.807, 2.05) is 6.07 Å². The van der Waals surface area contributed by atoms with Gasteiger partial charge in [0.2, 0.25) is 0 Å². The normalized spacial score (nSPS) is 29.5. The second-order valence-electron chi connectivity index (χ2n) is 8.05. The molecular formula is C18H28BNO3. The van der Waals surface area contributed by atoms with Crippen LogP contribution in [-0.2, 0) is 9.31 Å². The third-order valence-electron chi connectivity index (χ3n) is 5.45. The van der Waals surface area contributed by atoms with Gasteiger partial charge in [0.05, 0.1) is 23.5 Å². The van der Waals surface area contributed by atoms with Crippen LogP contribution in [-0.4, -0.2) is 29.4 Å². The van der Waals surface area contributed by atoms with Gasteiger partial charge in [0.25, 0.3) is 0 Å². The standard InChI is InChI=1S/C18H28BNO3/c1-13-7-6-8-15(9-13)21-16-10-14(11-20-12-16)19-22-17(2,3)18(4,5)23-19/h10-13,15H,6-9H2,1-5H3. The van der Waals surface area contributed by atoms with Crippen LogP contribution in [0.5, 0.6) is 5.75 Å². The molecule has 2 atom stereocenters. The molecule has 0 spiro atoms. The maximum Gasteiger partial charge on any atom is 0.496 e. The van der Waals surface area contributed by atoms with E-state index in [0.29, 0.717) is 6.10 Å². The summed E-state index contributed by atoms with van der Waals surface area (Å²) in [5.41, 5.74) is 0.241. The van der Waals surface area contributed by atoms with Crippen LogP contribution in [0.15, 0.2) is 18.5 Å². The van der Waals surface area contributed by atoms with E-state index in [1.165, 1.54) is 12.8 Å². The molecule has 126 valence electrons. The number of ether oxygens (including phenoxy) is 1. The molecule has 23 heavy (non-hydrogen) atoms. The highest BCUT2D eigenvalue weighted by molar-refractivity contribution is 6.62. The fraction of sp³-hybridized carbons (Fsp3) is 0.722. The molecule has 0 amide bonds. The number of pyridine rings is 1. The van der Waals surface area contributed by atoms with Gasteiger partial charge in [-0.05, 0) is 58.9 Å². The van der Waals surface area contributed by atoms with E-state index in [9.17, 15) is 0 Å². The Bertz CT molecular complexity index is 545. The minimum Gasteiger partial charge on any atom is -0.489 e. The third kappa shape index (κ3) is 3.56. The zero-order valence-electron chi connectivity index (χ0n) is 15.0. The Morgan fingerprint density at radius 1 is 1.13 bits per heavy atom. The first kappa shape index (κ1) is 16.8. The number of rotatable bonds is 3. The van der Waals surface area contributed by atoms with Gasteiger partial charge in [0.1, 0.15) is 5.75 Å². The molecule has 2 unspecified atom stereocenters. The second-order valence-corrected chi connectivity index (χ2v) is 8.05. The van der Waals surface area contributed by atoms with E-state index in [2.05, 4.69) is 39.6 Å². The molecule has 1 aliphatic heterocycles. The third-order valence-corrected chi connectivity index (χ3v) is 5.45. The molecule has 0 bridgehead atoms. The van der Waals surface area contributed by atoms with Crippen molar-refractivity contribution in [3.63, 3.8) is 0 Å². The second kappa shape index (κ2) is 6.10. The average molecular weight is 317 g/mol. The fourth-order valence-electron chi connectivity index (χ4n) is 3.29. The smallest absolute Gasteiger partial charge is 0.489 e. The topological polar surface area (TPSA) is 40.6 Å². The summed E-state index contributed by atoms with van der Waals surface area (Å²) in [4.78, 5) is 4.32. The lowest BCUT2D eigenvalue weighted by Gasteiger charge is -2.32. The van der Waals surface area contributed by atoms with Crippen LogP contribution in [0.4, 0.5) is 0 Å². The van der Waals surface area contributed by atoms with Crippen LogP contribution in [0.1, 0.15) is 60.3 Å². The first-order valence-corrected chi connectivity index (χ1v) is 8.74. The summed E-state index contributed by atoms with van der Waals surface area (Å²) in [6.07, 6.45) is 8.70. The zero-order chi connectivity index (χ0) is 16.7. The number of hydrogen-bond acceptors (Lipinski definition) is 4. The van der Waals surface area contributed by atoms with Crippen molar-refractivity contribution < 1.29 is 14.0 Å². The molecule has 2 heterocycles. The molecule has 2 aliphatic rings. The predicted molar refractivity (Wildman–Crippen MR) is 92.0 cm³/mol. The maximum absolute atomic E-state index is 6.16. The molecular weight excluding hydrogens is 289 g/mol. The summed E-state index contributed by atoms with van der Waals surface area (Å²) in [7, 11) is -0.388. The Morgan fingerprint density at radius 3 is 2.48 bits per heavy atom. The van der Waals surface area contributed by atoms with E-state index in [0.717, 1.165) is 30.0 Å². The van der Waals surface area contributed by atoms with E-state index < -0.39 is 0 Å². The van der Waals surface area contributed by atoms with Crippen molar-refractivity contribution in [3.05, 3.63) is 18.5 Å². The SMILES string of the molecule is CC1CCCC(Oc2cncc(B3OC(C)(C)C(C)(C)O3)c2)C1. The predicted octanol–water partition coefficient (Wildman–Crippen LogP) is 3.34. The van der Waals surface area contributed by atoms with Crippen LogP contribution in [0, 0.1) is 5.92 Å². The molecule has 4 nitrogen and oxygen atoms in total. The van der Waals surface area contributed by atoms with Crippen molar-refractivity contribution in [2.75, 3.05) is 0 Å². The maximum atomic E-state index is 6.16. The number of nitrogens with zero attached hydrogens (tertiary/aromatic N) is 1. The fourth-order valence-corrected chi connectivity index (χ4v) is 3.29. The van der Waals surface area contributed by atoms with Crippen molar-refractivity contribution in [2.24, 2.45) is 5.92 Å². The van der Waals surface area contributed by atoms with Gasteiger partial charge in [-0.15, -0.1) is 0 Å². The summed E-state index contributed by atoms with van der Waals surface area (Å²) in [5.74, 6) is 1.56. The van der Waals surface area contributed by atoms with Gasteiger partial charge in [-0.1, -0.05) is 13.3 Å². The Hall–Kier alpha value is -1.07. The lowest BCUT2D eigenvalue weighted by molar-refractivity contribution is 0.00578. The van der Waals surface area contributed by atoms with Gasteiger partial charge in [0.15, 0.2) is 0 Å².